The van der Waals surface area contributed by atoms with E-state index in [2.05, 4.69) is 407 Å². The SMILES string of the molecule is c1ccc(-n2c3ccccc3c3cc(-c4cc(-c5ccc6c7ccc(-c8cc(-c9ccc%10c(c9)c9ccccc9n%10-c9ccccc9)cc(-c9ccc%10c(c9)c9ccccc9n%10-c9ccccc9)c8)cc7c7ccccc7c6c5)cc(-c5ccc6c(c5)c5ccccc5n6-c5ccccc5)c4)ccc32)cc1. The van der Waals surface area contributed by atoms with Gasteiger partial charge in [-0.15, -0.1) is 0 Å². The van der Waals surface area contributed by atoms with Crippen LogP contribution in [-0.2, 0) is 0 Å². The molecular formula is C102H64N4. The lowest BCUT2D eigenvalue weighted by Crippen LogP contribution is -1.93. The van der Waals surface area contributed by atoms with Crippen molar-refractivity contribution in [1.82, 2.24) is 18.3 Å². The number of para-hydroxylation sites is 8. The molecule has 0 aliphatic rings. The third-order valence-electron chi connectivity index (χ3n) is 22.5. The fourth-order valence-electron chi connectivity index (χ4n) is 17.6. The van der Waals surface area contributed by atoms with E-state index < -0.39 is 0 Å². The van der Waals surface area contributed by atoms with Crippen LogP contribution in [0, 0.1) is 0 Å². The van der Waals surface area contributed by atoms with Crippen LogP contribution in [0.3, 0.4) is 0 Å². The molecule has 0 unspecified atom stereocenters. The lowest BCUT2D eigenvalue weighted by atomic mass is 9.88. The minimum absolute atomic E-state index is 1.15. The molecule has 0 bridgehead atoms. The lowest BCUT2D eigenvalue weighted by Gasteiger charge is -2.16. The van der Waals surface area contributed by atoms with Crippen LogP contribution >= 0.6 is 0 Å². The normalized spacial score (nSPS) is 12.0. The molecule has 0 aliphatic carbocycles. The molecule has 4 aromatic heterocycles. The molecule has 4 heterocycles. The standard InChI is InChI=1S/C102H64N4/c1-5-23-77(24-6-1)103-95-37-19-15-33-85(95)91-61-67(43-49-99(91)103)73-53-71(54-74(57-73)68-44-50-100-92(62-68)86-34-16-20-38-96(86)104(100)78-25-7-2-8-26-78)65-41-47-83-84-48-42-66(60-90(84)82-32-14-13-31-81(82)89(83)59-65)72-55-75(69-45-51-101-93(63-69)87-35-17-21-39-97(87)105(101)79-27-9-3-10-28-79)58-76(56-72)70-46-52-102-94(64-70)88-36-18-22-40-98(88)106(102)80-29-11-4-12-30-80/h1-64H. The summed E-state index contributed by atoms with van der Waals surface area (Å²) in [6, 6.07) is 145. The molecule has 22 aromatic rings. The van der Waals surface area contributed by atoms with Gasteiger partial charge in [-0.25, -0.2) is 0 Å². The molecule has 18 aromatic carbocycles. The highest BCUT2D eigenvalue weighted by molar-refractivity contribution is 6.27. The van der Waals surface area contributed by atoms with Gasteiger partial charge in [-0.2, -0.15) is 0 Å². The predicted octanol–water partition coefficient (Wildman–Crippen LogP) is 27.5. The van der Waals surface area contributed by atoms with E-state index in [0.717, 1.165) is 67.3 Å². The van der Waals surface area contributed by atoms with Crippen molar-refractivity contribution in [1.29, 1.82) is 0 Å². The lowest BCUT2D eigenvalue weighted by molar-refractivity contribution is 1.18. The van der Waals surface area contributed by atoms with Gasteiger partial charge in [0.1, 0.15) is 0 Å². The van der Waals surface area contributed by atoms with E-state index in [4.69, 9.17) is 0 Å². The van der Waals surface area contributed by atoms with E-state index in [1.807, 2.05) is 0 Å². The van der Waals surface area contributed by atoms with Crippen molar-refractivity contribution in [3.05, 3.63) is 388 Å². The molecule has 0 spiro atoms. The van der Waals surface area contributed by atoms with Crippen LogP contribution in [0.4, 0.5) is 0 Å². The average Bonchev–Trinajstić information content (AvgIpc) is 1.44. The Kier molecular flexibility index (Phi) is 13.4. The van der Waals surface area contributed by atoms with E-state index in [-0.39, 0.29) is 0 Å². The van der Waals surface area contributed by atoms with E-state index in [1.165, 1.54) is 142 Å². The van der Waals surface area contributed by atoms with Crippen LogP contribution in [0.2, 0.25) is 0 Å². The van der Waals surface area contributed by atoms with Gasteiger partial charge in [0, 0.05) is 65.8 Å². The first-order valence-electron chi connectivity index (χ1n) is 36.6. The van der Waals surface area contributed by atoms with E-state index in [1.54, 1.807) is 0 Å². The zero-order chi connectivity index (χ0) is 69.5. The topological polar surface area (TPSA) is 19.7 Å². The Labute approximate surface area is 611 Å². The summed E-state index contributed by atoms with van der Waals surface area (Å²) >= 11 is 0. The summed E-state index contributed by atoms with van der Waals surface area (Å²) < 4.78 is 9.61. The molecule has 22 rings (SSSR count). The molecule has 492 valence electrons. The summed E-state index contributed by atoms with van der Waals surface area (Å²) in [5.41, 5.74) is 28.0. The van der Waals surface area contributed by atoms with Crippen LogP contribution in [0.25, 0.3) is 209 Å². The molecule has 0 atom stereocenters. The molecule has 4 heteroatoms. The quantitative estimate of drug-likeness (QED) is 0.122. The Morgan fingerprint density at radius 3 is 0.528 bits per heavy atom. The summed E-state index contributed by atoms with van der Waals surface area (Å²) in [5, 5.41) is 17.2. The van der Waals surface area contributed by atoms with Gasteiger partial charge in [0.05, 0.1) is 44.1 Å². The smallest absolute Gasteiger partial charge is 0.0541 e. The number of hydrogen-bond acceptors (Lipinski definition) is 0. The maximum Gasteiger partial charge on any atom is 0.0541 e. The Balaban J connectivity index is 0.714. The Morgan fingerprint density at radius 2 is 0.283 bits per heavy atom. The Morgan fingerprint density at radius 1 is 0.104 bits per heavy atom. The van der Waals surface area contributed by atoms with Gasteiger partial charge >= 0.3 is 0 Å². The second kappa shape index (κ2) is 23.8. The zero-order valence-corrected chi connectivity index (χ0v) is 57.7. The van der Waals surface area contributed by atoms with Crippen LogP contribution in [0.15, 0.2) is 388 Å². The largest absolute Gasteiger partial charge is 0.309 e. The molecule has 0 N–H and O–H groups in total. The van der Waals surface area contributed by atoms with E-state index >= 15 is 0 Å². The van der Waals surface area contributed by atoms with Crippen molar-refractivity contribution in [2.75, 3.05) is 0 Å². The van der Waals surface area contributed by atoms with Crippen molar-refractivity contribution < 1.29 is 0 Å². The summed E-state index contributed by atoms with van der Waals surface area (Å²) in [6.07, 6.45) is 0. The molecule has 0 radical (unpaired) electrons. The van der Waals surface area contributed by atoms with Gasteiger partial charge in [0.25, 0.3) is 0 Å². The van der Waals surface area contributed by atoms with Crippen LogP contribution in [0.5, 0.6) is 0 Å². The van der Waals surface area contributed by atoms with Crippen molar-refractivity contribution in [3.63, 3.8) is 0 Å². The second-order valence-electron chi connectivity index (χ2n) is 28.3. The zero-order valence-electron chi connectivity index (χ0n) is 57.7. The Hall–Kier alpha value is -14.1. The van der Waals surface area contributed by atoms with Crippen LogP contribution in [0.1, 0.15) is 0 Å². The first kappa shape index (κ1) is 59.6. The highest BCUT2D eigenvalue weighted by Gasteiger charge is 2.22. The van der Waals surface area contributed by atoms with Gasteiger partial charge in [-0.3, -0.25) is 0 Å². The fourth-order valence-corrected chi connectivity index (χ4v) is 17.6. The van der Waals surface area contributed by atoms with E-state index in [9.17, 15) is 0 Å². The fraction of sp³-hybridized carbons (Fsp3) is 0. The van der Waals surface area contributed by atoms with Crippen LogP contribution < -0.4 is 0 Å². The third-order valence-corrected chi connectivity index (χ3v) is 22.5. The molecule has 0 fully saturated rings. The first-order valence-corrected chi connectivity index (χ1v) is 36.6. The monoisotopic (exact) mass is 1340 g/mol. The predicted molar refractivity (Wildman–Crippen MR) is 449 cm³/mol. The maximum atomic E-state index is 2.46. The summed E-state index contributed by atoms with van der Waals surface area (Å²) in [4.78, 5) is 0. The molecule has 106 heavy (non-hydrogen) atoms. The van der Waals surface area contributed by atoms with Crippen molar-refractivity contribution >= 4 is 120 Å². The molecule has 0 saturated carbocycles. The number of aromatic nitrogens is 4. The summed E-state index contributed by atoms with van der Waals surface area (Å²) in [7, 11) is 0. The highest BCUT2D eigenvalue weighted by atomic mass is 15.0. The van der Waals surface area contributed by atoms with E-state index in [0.29, 0.717) is 0 Å². The summed E-state index contributed by atoms with van der Waals surface area (Å²) in [6.45, 7) is 0. The molecule has 0 amide bonds. The average molecular weight is 1350 g/mol. The number of fused-ring (bicyclic) bond motifs is 18. The molecule has 0 aliphatic heterocycles. The number of benzene rings is 18. The first-order chi connectivity index (χ1) is 52.5. The number of hydrogen-bond donors (Lipinski definition) is 0. The molecular weight excluding hydrogens is 1280 g/mol. The Bertz CT molecular complexity index is 6540. The van der Waals surface area contributed by atoms with Crippen LogP contribution in [-0.4, -0.2) is 18.3 Å². The van der Waals surface area contributed by atoms with Gasteiger partial charge in [0.2, 0.25) is 0 Å². The number of nitrogens with zero attached hydrogens (tertiary/aromatic N) is 4. The third kappa shape index (κ3) is 9.41. The van der Waals surface area contributed by atoms with Crippen molar-refractivity contribution in [2.45, 2.75) is 0 Å². The second-order valence-corrected chi connectivity index (χ2v) is 28.3. The summed E-state index contributed by atoms with van der Waals surface area (Å²) in [5.74, 6) is 0. The van der Waals surface area contributed by atoms with Crippen molar-refractivity contribution in [3.8, 4) is 89.5 Å². The van der Waals surface area contributed by atoms with Gasteiger partial charge < -0.3 is 18.3 Å². The van der Waals surface area contributed by atoms with Gasteiger partial charge in [-0.1, -0.05) is 218 Å². The molecule has 0 saturated heterocycles. The number of rotatable bonds is 10. The minimum Gasteiger partial charge on any atom is -0.309 e. The minimum atomic E-state index is 1.15. The van der Waals surface area contributed by atoms with Gasteiger partial charge in [-0.05, 0) is 269 Å². The highest BCUT2D eigenvalue weighted by Crippen LogP contribution is 2.46. The van der Waals surface area contributed by atoms with Crippen molar-refractivity contribution in [2.24, 2.45) is 0 Å². The molecule has 4 nitrogen and oxygen atoms in total. The van der Waals surface area contributed by atoms with Gasteiger partial charge in [0.15, 0.2) is 0 Å². The maximum absolute atomic E-state index is 2.46.